The number of rotatable bonds is 5. The van der Waals surface area contributed by atoms with E-state index < -0.39 is 40.9 Å². The van der Waals surface area contributed by atoms with Crippen LogP contribution in [0.1, 0.15) is 43.0 Å². The highest BCUT2D eigenvalue weighted by Gasteiger charge is 2.59. The molecule has 0 aliphatic carbocycles. The van der Waals surface area contributed by atoms with Gasteiger partial charge in [0.15, 0.2) is 5.78 Å². The van der Waals surface area contributed by atoms with E-state index >= 15 is 0 Å². The molecule has 7 nitrogen and oxygen atoms in total. The molecule has 146 valence electrons. The van der Waals surface area contributed by atoms with Crippen LogP contribution in [0.25, 0.3) is 0 Å². The second-order valence-electron chi connectivity index (χ2n) is 6.69. The first-order chi connectivity index (χ1) is 12.0. The third kappa shape index (κ3) is 3.06. The van der Waals surface area contributed by atoms with Crippen molar-refractivity contribution in [3.05, 3.63) is 26.4 Å². The van der Waals surface area contributed by atoms with Crippen molar-refractivity contribution in [1.82, 2.24) is 14.0 Å². The van der Waals surface area contributed by atoms with Crippen LogP contribution in [-0.4, -0.2) is 44.6 Å². The molecular formula is C16H23F3N4O3. The second-order valence-corrected chi connectivity index (χ2v) is 6.69. The van der Waals surface area contributed by atoms with E-state index in [1.54, 1.807) is 6.92 Å². The zero-order valence-electron chi connectivity index (χ0n) is 15.0. The summed E-state index contributed by atoms with van der Waals surface area (Å²) < 4.78 is 42.9. The lowest BCUT2D eigenvalue weighted by molar-refractivity contribution is -0.224. The Labute approximate surface area is 148 Å². The van der Waals surface area contributed by atoms with Crippen molar-refractivity contribution in [3.63, 3.8) is 0 Å². The minimum atomic E-state index is -4.49. The Morgan fingerprint density at radius 1 is 1.23 bits per heavy atom. The molecule has 1 aliphatic heterocycles. The number of ketones is 1. The molecule has 1 aromatic heterocycles. The monoisotopic (exact) mass is 376 g/mol. The molecule has 26 heavy (non-hydrogen) atoms. The highest BCUT2D eigenvalue weighted by Crippen LogP contribution is 2.46. The molecule has 10 heteroatoms. The number of hydrogen-bond donors (Lipinski definition) is 1. The molecule has 1 atom stereocenters. The van der Waals surface area contributed by atoms with Crippen LogP contribution in [-0.2, 0) is 14.1 Å². The minimum Gasteiger partial charge on any atom is -0.384 e. The number of nitrogens with zero attached hydrogens (tertiary/aromatic N) is 3. The van der Waals surface area contributed by atoms with Crippen LogP contribution in [0.15, 0.2) is 9.59 Å². The predicted octanol–water partition coefficient (Wildman–Crippen LogP) is 1.05. The van der Waals surface area contributed by atoms with Gasteiger partial charge in [0.2, 0.25) is 0 Å². The maximum absolute atomic E-state index is 13.8. The number of alkyl halides is 3. The molecule has 0 aromatic carbocycles. The number of Topliss-reactive ketones (excluding diaryl/α,β-unsaturated/α-hetero) is 1. The Kier molecular flexibility index (Phi) is 5.36. The molecule has 0 saturated carbocycles. The van der Waals surface area contributed by atoms with Gasteiger partial charge < -0.3 is 5.73 Å². The van der Waals surface area contributed by atoms with Crippen LogP contribution in [0.4, 0.5) is 19.0 Å². The number of aromatic nitrogens is 2. The summed E-state index contributed by atoms with van der Waals surface area (Å²) in [5, 5.41) is 0. The van der Waals surface area contributed by atoms with Crippen LogP contribution in [0.5, 0.6) is 0 Å². The number of nitrogen functional groups attached to an aromatic ring is 1. The van der Waals surface area contributed by atoms with Gasteiger partial charge in [-0.15, -0.1) is 0 Å². The first kappa shape index (κ1) is 20.2. The van der Waals surface area contributed by atoms with Gasteiger partial charge in [-0.1, -0.05) is 13.3 Å². The summed E-state index contributed by atoms with van der Waals surface area (Å²) in [6.45, 7) is 1.20. The maximum atomic E-state index is 13.8. The highest BCUT2D eigenvalue weighted by molar-refractivity contribution is 6.01. The van der Waals surface area contributed by atoms with Crippen LogP contribution in [0, 0.1) is 0 Å². The maximum Gasteiger partial charge on any atom is 0.406 e. The van der Waals surface area contributed by atoms with E-state index in [-0.39, 0.29) is 25.2 Å². The quantitative estimate of drug-likeness (QED) is 0.776. The molecule has 1 aromatic rings. The summed E-state index contributed by atoms with van der Waals surface area (Å²) in [7, 11) is 2.48. The summed E-state index contributed by atoms with van der Waals surface area (Å²) >= 11 is 0. The van der Waals surface area contributed by atoms with Gasteiger partial charge in [0.25, 0.3) is 5.56 Å². The van der Waals surface area contributed by atoms with Crippen molar-refractivity contribution in [2.24, 2.45) is 14.1 Å². The van der Waals surface area contributed by atoms with Crippen molar-refractivity contribution in [3.8, 4) is 0 Å². The van der Waals surface area contributed by atoms with E-state index in [1.807, 2.05) is 0 Å². The van der Waals surface area contributed by atoms with E-state index in [2.05, 4.69) is 0 Å². The number of nitrogens with two attached hydrogens (primary N) is 1. The zero-order valence-corrected chi connectivity index (χ0v) is 15.0. The molecule has 1 aliphatic rings. The summed E-state index contributed by atoms with van der Waals surface area (Å²) in [6, 6.07) is 0. The summed E-state index contributed by atoms with van der Waals surface area (Å²) in [5.74, 6) is -1.15. The Morgan fingerprint density at radius 3 is 2.38 bits per heavy atom. The van der Waals surface area contributed by atoms with Gasteiger partial charge >= 0.3 is 11.9 Å². The Bertz CT molecular complexity index is 828. The molecule has 0 spiro atoms. The SMILES string of the molecule is CCC[C@@]1(C(F)(F)F)CCCN1CC(=O)c1c(N)n(C)c(=O)n(C)c1=O. The average Bonchev–Trinajstić information content (AvgIpc) is 2.95. The first-order valence-electron chi connectivity index (χ1n) is 8.38. The lowest BCUT2D eigenvalue weighted by Crippen LogP contribution is -2.56. The minimum absolute atomic E-state index is 0.0849. The van der Waals surface area contributed by atoms with Crippen molar-refractivity contribution in [2.45, 2.75) is 44.3 Å². The van der Waals surface area contributed by atoms with E-state index in [0.717, 1.165) is 14.0 Å². The van der Waals surface area contributed by atoms with Gasteiger partial charge in [0.05, 0.1) is 6.54 Å². The molecule has 2 rings (SSSR count). The number of hydrogen-bond acceptors (Lipinski definition) is 5. The summed E-state index contributed by atoms with van der Waals surface area (Å²) in [4.78, 5) is 37.9. The molecule has 2 N–H and O–H groups in total. The fraction of sp³-hybridized carbons (Fsp3) is 0.688. The van der Waals surface area contributed by atoms with Crippen LogP contribution < -0.4 is 17.0 Å². The molecule has 1 saturated heterocycles. The largest absolute Gasteiger partial charge is 0.406 e. The Balaban J connectivity index is 2.45. The molecule has 0 unspecified atom stereocenters. The second kappa shape index (κ2) is 6.90. The van der Waals surface area contributed by atoms with Crippen LogP contribution in [0.3, 0.4) is 0 Å². The third-order valence-corrected chi connectivity index (χ3v) is 5.14. The highest BCUT2D eigenvalue weighted by atomic mass is 19.4. The molecule has 0 radical (unpaired) electrons. The number of carbonyl (C=O) groups excluding carboxylic acids is 1. The third-order valence-electron chi connectivity index (χ3n) is 5.14. The first-order valence-corrected chi connectivity index (χ1v) is 8.38. The number of likely N-dealkylation sites (tertiary alicyclic amines) is 1. The van der Waals surface area contributed by atoms with Crippen molar-refractivity contribution >= 4 is 11.6 Å². The summed E-state index contributed by atoms with van der Waals surface area (Å²) in [6.07, 6.45) is -4.07. The predicted molar refractivity (Wildman–Crippen MR) is 90.2 cm³/mol. The fourth-order valence-electron chi connectivity index (χ4n) is 3.70. The standard InChI is InChI=1S/C16H23F3N4O3/c1-4-6-15(16(17,18)19)7-5-8-23(15)9-10(24)11-12(20)21(2)14(26)22(3)13(11)25/h4-9,20H2,1-3H3/t15-/m0/s1. The van der Waals surface area contributed by atoms with Crippen LogP contribution >= 0.6 is 0 Å². The lowest BCUT2D eigenvalue weighted by atomic mass is 9.89. The smallest absolute Gasteiger partial charge is 0.384 e. The molecule has 0 bridgehead atoms. The van der Waals surface area contributed by atoms with E-state index in [1.165, 1.54) is 14.1 Å². The topological polar surface area (TPSA) is 90.3 Å². The normalized spacial score (nSPS) is 21.3. The van der Waals surface area contributed by atoms with Gasteiger partial charge in [0, 0.05) is 14.1 Å². The van der Waals surface area contributed by atoms with Crippen molar-refractivity contribution < 1.29 is 18.0 Å². The van der Waals surface area contributed by atoms with Gasteiger partial charge in [-0.05, 0) is 25.8 Å². The van der Waals surface area contributed by atoms with Crippen molar-refractivity contribution in [2.75, 3.05) is 18.8 Å². The van der Waals surface area contributed by atoms with Gasteiger partial charge in [-0.3, -0.25) is 23.6 Å². The number of halogens is 3. The Morgan fingerprint density at radius 2 is 1.85 bits per heavy atom. The van der Waals surface area contributed by atoms with E-state index in [0.29, 0.717) is 12.8 Å². The van der Waals surface area contributed by atoms with Gasteiger partial charge in [-0.2, -0.15) is 13.2 Å². The number of anilines is 1. The summed E-state index contributed by atoms with van der Waals surface area (Å²) in [5.41, 5.74) is 1.60. The van der Waals surface area contributed by atoms with E-state index in [4.69, 9.17) is 5.73 Å². The molecule has 2 heterocycles. The van der Waals surface area contributed by atoms with Gasteiger partial charge in [-0.25, -0.2) is 4.79 Å². The average molecular weight is 376 g/mol. The van der Waals surface area contributed by atoms with E-state index in [9.17, 15) is 27.6 Å². The van der Waals surface area contributed by atoms with Gasteiger partial charge in [0.1, 0.15) is 16.9 Å². The van der Waals surface area contributed by atoms with Crippen LogP contribution in [0.2, 0.25) is 0 Å². The van der Waals surface area contributed by atoms with Crippen molar-refractivity contribution in [1.29, 1.82) is 0 Å². The lowest BCUT2D eigenvalue weighted by Gasteiger charge is -2.39. The molecule has 1 fully saturated rings. The molecular weight excluding hydrogens is 353 g/mol. The molecule has 0 amide bonds. The Hall–Kier alpha value is -2.10. The number of carbonyl (C=O) groups is 1. The fourth-order valence-corrected chi connectivity index (χ4v) is 3.70. The zero-order chi connectivity index (χ0) is 19.9.